The molecule has 0 aromatic heterocycles. The monoisotopic (exact) mass is 278 g/mol. The summed E-state index contributed by atoms with van der Waals surface area (Å²) in [6.07, 6.45) is 0.946. The summed E-state index contributed by atoms with van der Waals surface area (Å²) < 4.78 is 5.51. The van der Waals surface area contributed by atoms with E-state index in [9.17, 15) is 4.79 Å². The Morgan fingerprint density at radius 3 is 2.75 bits per heavy atom. The Morgan fingerprint density at radius 2 is 2.10 bits per heavy atom. The SMILES string of the molecule is CC(C)c1cccc(OCC(=O)NCCCN(C)C)c1. The number of rotatable bonds is 8. The zero-order valence-corrected chi connectivity index (χ0v) is 13.0. The van der Waals surface area contributed by atoms with Crippen molar-refractivity contribution in [1.29, 1.82) is 0 Å². The molecule has 0 bridgehead atoms. The van der Waals surface area contributed by atoms with Crippen molar-refractivity contribution in [3.63, 3.8) is 0 Å². The van der Waals surface area contributed by atoms with Gasteiger partial charge in [0, 0.05) is 6.54 Å². The number of carbonyl (C=O) groups is 1. The minimum Gasteiger partial charge on any atom is -0.484 e. The second-order valence-electron chi connectivity index (χ2n) is 5.52. The molecule has 112 valence electrons. The molecule has 0 radical (unpaired) electrons. The number of amides is 1. The quantitative estimate of drug-likeness (QED) is 0.742. The summed E-state index contributed by atoms with van der Waals surface area (Å²) in [5.74, 6) is 1.14. The molecular formula is C16H26N2O2. The van der Waals surface area contributed by atoms with Gasteiger partial charge in [0.1, 0.15) is 5.75 Å². The number of hydrogen-bond acceptors (Lipinski definition) is 3. The minimum absolute atomic E-state index is 0.0706. The Hall–Kier alpha value is -1.55. The molecule has 0 aliphatic carbocycles. The number of carbonyl (C=O) groups excluding carboxylic acids is 1. The molecule has 0 heterocycles. The summed E-state index contributed by atoms with van der Waals surface area (Å²) in [4.78, 5) is 13.7. The van der Waals surface area contributed by atoms with E-state index in [0.29, 0.717) is 12.5 Å². The maximum Gasteiger partial charge on any atom is 0.257 e. The lowest BCUT2D eigenvalue weighted by atomic mass is 10.0. The third-order valence-electron chi connectivity index (χ3n) is 3.00. The van der Waals surface area contributed by atoms with Crippen LogP contribution in [0.25, 0.3) is 0 Å². The first-order chi connectivity index (χ1) is 9.49. The molecule has 1 aromatic rings. The second kappa shape index (κ2) is 8.59. The van der Waals surface area contributed by atoms with Gasteiger partial charge in [-0.05, 0) is 50.7 Å². The van der Waals surface area contributed by atoms with Crippen molar-refractivity contribution in [3.8, 4) is 5.75 Å². The van der Waals surface area contributed by atoms with Gasteiger partial charge < -0.3 is 15.0 Å². The van der Waals surface area contributed by atoms with Gasteiger partial charge in [0.05, 0.1) is 0 Å². The standard InChI is InChI=1S/C16H26N2O2/c1-13(2)14-7-5-8-15(11-14)20-12-16(19)17-9-6-10-18(3)4/h5,7-8,11,13H,6,9-10,12H2,1-4H3,(H,17,19). The highest BCUT2D eigenvalue weighted by molar-refractivity contribution is 5.77. The number of nitrogens with zero attached hydrogens (tertiary/aromatic N) is 1. The molecule has 0 unspecified atom stereocenters. The smallest absolute Gasteiger partial charge is 0.257 e. The number of hydrogen-bond donors (Lipinski definition) is 1. The summed E-state index contributed by atoms with van der Waals surface area (Å²) in [6, 6.07) is 7.90. The van der Waals surface area contributed by atoms with Crippen LogP contribution in [0.2, 0.25) is 0 Å². The van der Waals surface area contributed by atoms with Crippen LogP contribution in [0.3, 0.4) is 0 Å². The Balaban J connectivity index is 2.28. The maximum atomic E-state index is 11.6. The van der Waals surface area contributed by atoms with Crippen molar-refractivity contribution < 1.29 is 9.53 Å². The zero-order chi connectivity index (χ0) is 15.0. The minimum atomic E-state index is -0.0706. The lowest BCUT2D eigenvalue weighted by Crippen LogP contribution is -2.31. The lowest BCUT2D eigenvalue weighted by molar-refractivity contribution is -0.123. The first kappa shape index (κ1) is 16.5. The van der Waals surface area contributed by atoms with Crippen LogP contribution in [0.1, 0.15) is 31.7 Å². The van der Waals surface area contributed by atoms with Crippen LogP contribution in [0.4, 0.5) is 0 Å². The van der Waals surface area contributed by atoms with Gasteiger partial charge in [0.25, 0.3) is 5.91 Å². The van der Waals surface area contributed by atoms with Crippen molar-refractivity contribution >= 4 is 5.91 Å². The first-order valence-electron chi connectivity index (χ1n) is 7.13. The highest BCUT2D eigenvalue weighted by Gasteiger charge is 2.04. The fraction of sp³-hybridized carbons (Fsp3) is 0.562. The Labute approximate surface area is 122 Å². The molecule has 4 nitrogen and oxygen atoms in total. The molecule has 1 rings (SSSR count). The van der Waals surface area contributed by atoms with E-state index in [2.05, 4.69) is 30.1 Å². The predicted molar refractivity (Wildman–Crippen MR) is 82.2 cm³/mol. The summed E-state index contributed by atoms with van der Waals surface area (Å²) in [5, 5.41) is 2.86. The van der Waals surface area contributed by atoms with E-state index < -0.39 is 0 Å². The van der Waals surface area contributed by atoms with E-state index in [1.165, 1.54) is 5.56 Å². The Bertz CT molecular complexity index is 417. The average molecular weight is 278 g/mol. The van der Waals surface area contributed by atoms with Crippen molar-refractivity contribution in [2.45, 2.75) is 26.2 Å². The predicted octanol–water partition coefficient (Wildman–Crippen LogP) is 2.26. The third-order valence-corrected chi connectivity index (χ3v) is 3.00. The summed E-state index contributed by atoms with van der Waals surface area (Å²) in [7, 11) is 4.04. The van der Waals surface area contributed by atoms with Gasteiger partial charge >= 0.3 is 0 Å². The van der Waals surface area contributed by atoms with Gasteiger partial charge in [-0.2, -0.15) is 0 Å². The van der Waals surface area contributed by atoms with Crippen LogP contribution in [0.15, 0.2) is 24.3 Å². The normalized spacial score (nSPS) is 10.9. The van der Waals surface area contributed by atoms with Crippen LogP contribution in [0.5, 0.6) is 5.75 Å². The van der Waals surface area contributed by atoms with Gasteiger partial charge in [-0.25, -0.2) is 0 Å². The van der Waals surface area contributed by atoms with Crippen molar-refractivity contribution in [1.82, 2.24) is 10.2 Å². The van der Waals surface area contributed by atoms with Crippen LogP contribution in [-0.4, -0.2) is 44.6 Å². The van der Waals surface area contributed by atoms with Gasteiger partial charge in [-0.3, -0.25) is 4.79 Å². The summed E-state index contributed by atoms with van der Waals surface area (Å²) in [5.41, 5.74) is 1.22. The molecule has 1 aromatic carbocycles. The number of nitrogens with one attached hydrogen (secondary N) is 1. The van der Waals surface area contributed by atoms with Crippen LogP contribution in [0, 0.1) is 0 Å². The fourth-order valence-electron chi connectivity index (χ4n) is 1.79. The summed E-state index contributed by atoms with van der Waals surface area (Å²) in [6.45, 7) is 6.00. The van der Waals surface area contributed by atoms with Crippen LogP contribution >= 0.6 is 0 Å². The van der Waals surface area contributed by atoms with E-state index >= 15 is 0 Å². The third kappa shape index (κ3) is 6.57. The molecule has 4 heteroatoms. The topological polar surface area (TPSA) is 41.6 Å². The lowest BCUT2D eigenvalue weighted by Gasteiger charge is -2.11. The molecule has 0 spiro atoms. The van der Waals surface area contributed by atoms with Crippen LogP contribution in [-0.2, 0) is 4.79 Å². The van der Waals surface area contributed by atoms with E-state index in [-0.39, 0.29) is 12.5 Å². The Morgan fingerprint density at radius 1 is 1.35 bits per heavy atom. The molecular weight excluding hydrogens is 252 g/mol. The number of benzene rings is 1. The Kier molecular flexibility index (Phi) is 7.09. The number of ether oxygens (including phenoxy) is 1. The van der Waals surface area contributed by atoms with E-state index in [4.69, 9.17) is 4.74 Å². The highest BCUT2D eigenvalue weighted by Crippen LogP contribution is 2.19. The van der Waals surface area contributed by atoms with Crippen LogP contribution < -0.4 is 10.1 Å². The molecule has 0 fully saturated rings. The van der Waals surface area contributed by atoms with Crippen molar-refractivity contribution in [3.05, 3.63) is 29.8 Å². The van der Waals surface area contributed by atoms with E-state index in [0.717, 1.165) is 18.7 Å². The van der Waals surface area contributed by atoms with E-state index in [1.807, 2.05) is 32.3 Å². The fourth-order valence-corrected chi connectivity index (χ4v) is 1.79. The molecule has 1 N–H and O–H groups in total. The van der Waals surface area contributed by atoms with Gasteiger partial charge in [0.15, 0.2) is 6.61 Å². The van der Waals surface area contributed by atoms with Crippen molar-refractivity contribution in [2.75, 3.05) is 33.8 Å². The summed E-state index contributed by atoms with van der Waals surface area (Å²) >= 11 is 0. The average Bonchev–Trinajstić information content (AvgIpc) is 2.41. The first-order valence-corrected chi connectivity index (χ1v) is 7.13. The maximum absolute atomic E-state index is 11.6. The molecule has 0 atom stereocenters. The molecule has 0 saturated carbocycles. The largest absolute Gasteiger partial charge is 0.484 e. The molecule has 1 amide bonds. The molecule has 0 aliphatic rings. The zero-order valence-electron chi connectivity index (χ0n) is 13.0. The van der Waals surface area contributed by atoms with Gasteiger partial charge in [0.2, 0.25) is 0 Å². The molecule has 20 heavy (non-hydrogen) atoms. The van der Waals surface area contributed by atoms with E-state index in [1.54, 1.807) is 0 Å². The molecule has 0 saturated heterocycles. The van der Waals surface area contributed by atoms with Gasteiger partial charge in [-0.15, -0.1) is 0 Å². The molecule has 0 aliphatic heterocycles. The van der Waals surface area contributed by atoms with Gasteiger partial charge in [-0.1, -0.05) is 26.0 Å². The van der Waals surface area contributed by atoms with Crippen molar-refractivity contribution in [2.24, 2.45) is 0 Å². The second-order valence-corrected chi connectivity index (χ2v) is 5.52. The highest BCUT2D eigenvalue weighted by atomic mass is 16.5.